The van der Waals surface area contributed by atoms with Crippen LogP contribution >= 0.6 is 0 Å². The summed E-state index contributed by atoms with van der Waals surface area (Å²) in [5, 5.41) is 0. The minimum atomic E-state index is 0.931. The van der Waals surface area contributed by atoms with Crippen LogP contribution in [0.4, 0.5) is 0 Å². The van der Waals surface area contributed by atoms with Crippen LogP contribution in [0.2, 0.25) is 0 Å². The number of unbranched alkanes of at least 4 members (excludes halogenated alkanes) is 8. The van der Waals surface area contributed by atoms with Crippen molar-refractivity contribution in [2.75, 3.05) is 13.7 Å². The lowest BCUT2D eigenvalue weighted by Crippen LogP contribution is -1.88. The summed E-state index contributed by atoms with van der Waals surface area (Å²) in [6, 6.07) is 0. The maximum absolute atomic E-state index is 5.02. The lowest BCUT2D eigenvalue weighted by Gasteiger charge is -2.00. The predicted octanol–water partition coefficient (Wildman–Crippen LogP) is 5.11. The number of methoxy groups -OCH3 is 1. The predicted molar refractivity (Wildman–Crippen MR) is 72.9 cm³/mol. The fraction of sp³-hybridized carbons (Fsp3) is 0.867. The molecule has 0 heterocycles. The van der Waals surface area contributed by atoms with E-state index in [4.69, 9.17) is 4.74 Å². The Hall–Kier alpha value is -0.300. The van der Waals surface area contributed by atoms with Crippen LogP contribution in [0, 0.1) is 0 Å². The number of rotatable bonds is 12. The lowest BCUT2D eigenvalue weighted by molar-refractivity contribution is 0.192. The molecule has 1 nitrogen and oxygen atoms in total. The third kappa shape index (κ3) is 13.7. The highest BCUT2D eigenvalue weighted by Gasteiger charge is 1.90. The Bertz CT molecular complexity index is 140. The van der Waals surface area contributed by atoms with E-state index in [2.05, 4.69) is 19.1 Å². The lowest BCUT2D eigenvalue weighted by atomic mass is 10.1. The molecule has 1 heteroatoms. The van der Waals surface area contributed by atoms with E-state index in [1.165, 1.54) is 64.2 Å². The third-order valence-corrected chi connectivity index (χ3v) is 2.86. The molecule has 0 aromatic rings. The maximum Gasteiger partial charge on any atom is 0.0462 e. The summed E-state index contributed by atoms with van der Waals surface area (Å²) in [6.45, 7) is 3.18. The first-order valence-electron chi connectivity index (χ1n) is 7.05. The minimum Gasteiger partial charge on any atom is -0.385 e. The summed E-state index contributed by atoms with van der Waals surface area (Å²) in [6.07, 6.45) is 18.0. The second kappa shape index (κ2) is 14.7. The number of hydrogen-bond donors (Lipinski definition) is 0. The van der Waals surface area contributed by atoms with Crippen molar-refractivity contribution in [1.82, 2.24) is 0 Å². The quantitative estimate of drug-likeness (QED) is 0.332. The highest BCUT2D eigenvalue weighted by Crippen LogP contribution is 2.08. The van der Waals surface area contributed by atoms with Gasteiger partial charge in [0.2, 0.25) is 0 Å². The van der Waals surface area contributed by atoms with Crippen molar-refractivity contribution < 1.29 is 4.74 Å². The van der Waals surface area contributed by atoms with Crippen LogP contribution < -0.4 is 0 Å². The Labute approximate surface area is 102 Å². The second-order valence-corrected chi connectivity index (χ2v) is 4.52. The Morgan fingerprint density at radius 3 is 1.94 bits per heavy atom. The van der Waals surface area contributed by atoms with Crippen LogP contribution in [-0.4, -0.2) is 13.7 Å². The van der Waals surface area contributed by atoms with Crippen molar-refractivity contribution in [1.29, 1.82) is 0 Å². The van der Waals surface area contributed by atoms with Crippen LogP contribution in [0.15, 0.2) is 12.2 Å². The molecule has 16 heavy (non-hydrogen) atoms. The first-order chi connectivity index (χ1) is 7.91. The molecular weight excluding hydrogens is 196 g/mol. The van der Waals surface area contributed by atoms with Crippen molar-refractivity contribution in [3.63, 3.8) is 0 Å². The van der Waals surface area contributed by atoms with Gasteiger partial charge in [0, 0.05) is 13.7 Å². The summed E-state index contributed by atoms with van der Waals surface area (Å²) in [5.41, 5.74) is 0. The summed E-state index contributed by atoms with van der Waals surface area (Å²) < 4.78 is 5.02. The van der Waals surface area contributed by atoms with Gasteiger partial charge in [0.1, 0.15) is 0 Å². The van der Waals surface area contributed by atoms with E-state index in [0.29, 0.717) is 0 Å². The Balaban J connectivity index is 2.95. The van der Waals surface area contributed by atoms with Gasteiger partial charge in [-0.3, -0.25) is 0 Å². The first-order valence-corrected chi connectivity index (χ1v) is 7.05. The van der Waals surface area contributed by atoms with Crippen LogP contribution in [0.25, 0.3) is 0 Å². The molecule has 0 unspecified atom stereocenters. The SMILES string of the molecule is CCCC/C=C\CCCCCCCCOC. The topological polar surface area (TPSA) is 9.23 Å². The molecule has 0 radical (unpaired) electrons. The smallest absolute Gasteiger partial charge is 0.0462 e. The molecule has 0 rings (SSSR count). The van der Waals surface area contributed by atoms with E-state index in [1.807, 2.05) is 0 Å². The normalized spacial score (nSPS) is 11.4. The van der Waals surface area contributed by atoms with Crippen LogP contribution in [0.5, 0.6) is 0 Å². The number of hydrogen-bond acceptors (Lipinski definition) is 1. The molecule has 0 aromatic heterocycles. The monoisotopic (exact) mass is 226 g/mol. The van der Waals surface area contributed by atoms with E-state index in [1.54, 1.807) is 7.11 Å². The van der Waals surface area contributed by atoms with Crippen molar-refractivity contribution in [3.05, 3.63) is 12.2 Å². The van der Waals surface area contributed by atoms with Gasteiger partial charge in [-0.2, -0.15) is 0 Å². The fourth-order valence-corrected chi connectivity index (χ4v) is 1.77. The molecule has 0 saturated heterocycles. The molecule has 0 aliphatic heterocycles. The molecule has 0 atom stereocenters. The van der Waals surface area contributed by atoms with Gasteiger partial charge in [0.05, 0.1) is 0 Å². The highest BCUT2D eigenvalue weighted by atomic mass is 16.5. The third-order valence-electron chi connectivity index (χ3n) is 2.86. The molecule has 0 N–H and O–H groups in total. The maximum atomic E-state index is 5.02. The Morgan fingerprint density at radius 2 is 1.31 bits per heavy atom. The van der Waals surface area contributed by atoms with E-state index in [-0.39, 0.29) is 0 Å². The summed E-state index contributed by atoms with van der Waals surface area (Å²) in [7, 11) is 1.78. The van der Waals surface area contributed by atoms with Gasteiger partial charge < -0.3 is 4.74 Å². The van der Waals surface area contributed by atoms with Crippen molar-refractivity contribution in [2.24, 2.45) is 0 Å². The zero-order valence-electron chi connectivity index (χ0n) is 11.3. The Morgan fingerprint density at radius 1 is 0.750 bits per heavy atom. The van der Waals surface area contributed by atoms with E-state index in [9.17, 15) is 0 Å². The fourth-order valence-electron chi connectivity index (χ4n) is 1.77. The molecule has 0 bridgehead atoms. The van der Waals surface area contributed by atoms with E-state index in [0.717, 1.165) is 6.61 Å². The van der Waals surface area contributed by atoms with Gasteiger partial charge in [-0.25, -0.2) is 0 Å². The Kier molecular flexibility index (Phi) is 14.4. The largest absolute Gasteiger partial charge is 0.385 e. The van der Waals surface area contributed by atoms with Gasteiger partial charge in [0.15, 0.2) is 0 Å². The zero-order chi connectivity index (χ0) is 11.9. The molecule has 0 spiro atoms. The van der Waals surface area contributed by atoms with E-state index < -0.39 is 0 Å². The van der Waals surface area contributed by atoms with Gasteiger partial charge in [0.25, 0.3) is 0 Å². The first kappa shape index (κ1) is 15.7. The molecule has 0 aliphatic carbocycles. The van der Waals surface area contributed by atoms with Gasteiger partial charge in [-0.05, 0) is 25.7 Å². The average Bonchev–Trinajstić information content (AvgIpc) is 2.31. The van der Waals surface area contributed by atoms with Crippen LogP contribution in [-0.2, 0) is 4.74 Å². The van der Waals surface area contributed by atoms with Crippen molar-refractivity contribution in [3.8, 4) is 0 Å². The van der Waals surface area contributed by atoms with Gasteiger partial charge in [-0.1, -0.05) is 57.6 Å². The molecule has 0 saturated carbocycles. The second-order valence-electron chi connectivity index (χ2n) is 4.52. The summed E-state index contributed by atoms with van der Waals surface area (Å²) >= 11 is 0. The van der Waals surface area contributed by atoms with E-state index >= 15 is 0 Å². The molecule has 0 fully saturated rings. The van der Waals surface area contributed by atoms with Gasteiger partial charge in [-0.15, -0.1) is 0 Å². The van der Waals surface area contributed by atoms with Crippen LogP contribution in [0.3, 0.4) is 0 Å². The number of allylic oxidation sites excluding steroid dienone is 2. The molecular formula is C15H30O. The molecule has 0 aliphatic rings. The minimum absolute atomic E-state index is 0.931. The standard InChI is InChI=1S/C15H30O/c1-3-4-5-6-7-8-9-10-11-12-13-14-15-16-2/h6-7H,3-5,8-15H2,1-2H3/b7-6-. The van der Waals surface area contributed by atoms with Crippen LogP contribution in [0.1, 0.15) is 71.1 Å². The van der Waals surface area contributed by atoms with Crippen molar-refractivity contribution >= 4 is 0 Å². The van der Waals surface area contributed by atoms with Gasteiger partial charge >= 0.3 is 0 Å². The van der Waals surface area contributed by atoms with Crippen molar-refractivity contribution in [2.45, 2.75) is 71.1 Å². The summed E-state index contributed by atoms with van der Waals surface area (Å²) in [5.74, 6) is 0. The number of ether oxygens (including phenoxy) is 1. The molecule has 0 aromatic carbocycles. The average molecular weight is 226 g/mol. The zero-order valence-corrected chi connectivity index (χ0v) is 11.3. The summed E-state index contributed by atoms with van der Waals surface area (Å²) in [4.78, 5) is 0. The molecule has 0 amide bonds. The molecule has 96 valence electrons. The highest BCUT2D eigenvalue weighted by molar-refractivity contribution is 4.80.